The van der Waals surface area contributed by atoms with Gasteiger partial charge in [-0.2, -0.15) is 0 Å². The van der Waals surface area contributed by atoms with Gasteiger partial charge in [0.05, 0.1) is 6.61 Å². The van der Waals surface area contributed by atoms with Gasteiger partial charge >= 0.3 is 0 Å². The summed E-state index contributed by atoms with van der Waals surface area (Å²) in [6.07, 6.45) is 1.64. The van der Waals surface area contributed by atoms with Crippen LogP contribution < -0.4 is 10.6 Å². The van der Waals surface area contributed by atoms with E-state index in [1.807, 2.05) is 31.2 Å². The molecule has 0 spiro atoms. The third kappa shape index (κ3) is 6.60. The number of methoxy groups -OCH3 is 2. The van der Waals surface area contributed by atoms with Gasteiger partial charge in [-0.3, -0.25) is 4.79 Å². The van der Waals surface area contributed by atoms with Crippen LogP contribution in [0.5, 0.6) is 0 Å². The highest BCUT2D eigenvalue weighted by Crippen LogP contribution is 2.16. The van der Waals surface area contributed by atoms with E-state index in [0.29, 0.717) is 19.8 Å². The summed E-state index contributed by atoms with van der Waals surface area (Å²) in [6.45, 7) is 3.81. The first-order valence-corrected chi connectivity index (χ1v) is 7.29. The van der Waals surface area contributed by atoms with E-state index in [2.05, 4.69) is 10.6 Å². The van der Waals surface area contributed by atoms with Crippen LogP contribution in [0.1, 0.15) is 18.9 Å². The molecule has 0 heterocycles. The van der Waals surface area contributed by atoms with Crippen LogP contribution in [0.3, 0.4) is 0 Å². The van der Waals surface area contributed by atoms with E-state index in [4.69, 9.17) is 9.47 Å². The van der Waals surface area contributed by atoms with Gasteiger partial charge in [0.1, 0.15) is 6.04 Å². The first-order valence-electron chi connectivity index (χ1n) is 7.29. The number of rotatable bonds is 10. The maximum Gasteiger partial charge on any atom is 0.242 e. The monoisotopic (exact) mass is 294 g/mol. The SMILES string of the molecule is COCCCNC(=O)C(C)Nc1ccccc1CCOC. The van der Waals surface area contributed by atoms with Crippen molar-refractivity contribution < 1.29 is 14.3 Å². The Hall–Kier alpha value is -1.59. The highest BCUT2D eigenvalue weighted by molar-refractivity contribution is 5.84. The Bertz CT molecular complexity index is 424. The van der Waals surface area contributed by atoms with Crippen molar-refractivity contribution in [3.05, 3.63) is 29.8 Å². The van der Waals surface area contributed by atoms with Crippen LogP contribution in [0.2, 0.25) is 0 Å². The zero-order chi connectivity index (χ0) is 15.5. The average molecular weight is 294 g/mol. The van der Waals surface area contributed by atoms with Gasteiger partial charge in [0.15, 0.2) is 0 Å². The van der Waals surface area contributed by atoms with E-state index in [-0.39, 0.29) is 11.9 Å². The molecule has 0 radical (unpaired) electrons. The minimum absolute atomic E-state index is 0.00681. The van der Waals surface area contributed by atoms with Gasteiger partial charge in [-0.1, -0.05) is 18.2 Å². The van der Waals surface area contributed by atoms with Gasteiger partial charge in [-0.25, -0.2) is 0 Å². The number of para-hydroxylation sites is 1. The lowest BCUT2D eigenvalue weighted by Crippen LogP contribution is -2.38. The Morgan fingerprint density at radius 3 is 2.62 bits per heavy atom. The molecule has 0 bridgehead atoms. The van der Waals surface area contributed by atoms with Crippen LogP contribution in [0, 0.1) is 0 Å². The van der Waals surface area contributed by atoms with Crippen LogP contribution in [0.4, 0.5) is 5.69 Å². The summed E-state index contributed by atoms with van der Waals surface area (Å²) in [4.78, 5) is 12.0. The molecule has 21 heavy (non-hydrogen) atoms. The number of carbonyl (C=O) groups excluding carboxylic acids is 1. The quantitative estimate of drug-likeness (QED) is 0.646. The van der Waals surface area contributed by atoms with Gasteiger partial charge in [0.25, 0.3) is 0 Å². The van der Waals surface area contributed by atoms with Crippen molar-refractivity contribution in [1.29, 1.82) is 0 Å². The molecule has 118 valence electrons. The average Bonchev–Trinajstić information content (AvgIpc) is 2.50. The summed E-state index contributed by atoms with van der Waals surface area (Å²) < 4.78 is 10.1. The summed E-state index contributed by atoms with van der Waals surface area (Å²) in [7, 11) is 3.34. The zero-order valence-corrected chi connectivity index (χ0v) is 13.1. The predicted molar refractivity (Wildman–Crippen MR) is 84.6 cm³/mol. The van der Waals surface area contributed by atoms with Crippen LogP contribution >= 0.6 is 0 Å². The predicted octanol–water partition coefficient (Wildman–Crippen LogP) is 1.83. The van der Waals surface area contributed by atoms with Gasteiger partial charge < -0.3 is 20.1 Å². The largest absolute Gasteiger partial charge is 0.385 e. The number of amides is 1. The highest BCUT2D eigenvalue weighted by atomic mass is 16.5. The maximum atomic E-state index is 12.0. The molecule has 1 atom stereocenters. The van der Waals surface area contributed by atoms with Gasteiger partial charge in [-0.05, 0) is 31.4 Å². The number of ether oxygens (including phenoxy) is 2. The molecule has 1 amide bonds. The molecule has 1 aromatic rings. The molecule has 1 aromatic carbocycles. The molecule has 1 unspecified atom stereocenters. The molecule has 0 aromatic heterocycles. The fourth-order valence-electron chi connectivity index (χ4n) is 1.97. The number of hydrogen-bond donors (Lipinski definition) is 2. The van der Waals surface area contributed by atoms with Gasteiger partial charge in [0, 0.05) is 33.1 Å². The minimum atomic E-state index is -0.281. The normalized spacial score (nSPS) is 12.0. The molecule has 0 aliphatic carbocycles. The summed E-state index contributed by atoms with van der Waals surface area (Å²) in [5.74, 6) is -0.00681. The van der Waals surface area contributed by atoms with Crippen LogP contribution in [-0.2, 0) is 20.7 Å². The number of hydrogen-bond acceptors (Lipinski definition) is 4. The standard InChI is InChI=1S/C16H26N2O3/c1-13(16(19)17-10-6-11-20-2)18-15-8-5-4-7-14(15)9-12-21-3/h4-5,7-8,13,18H,6,9-12H2,1-3H3,(H,17,19). The van der Waals surface area contributed by atoms with Crippen LogP contribution in [-0.4, -0.2) is 45.9 Å². The molecule has 0 fully saturated rings. The third-order valence-corrected chi connectivity index (χ3v) is 3.18. The number of carbonyl (C=O) groups is 1. The summed E-state index contributed by atoms with van der Waals surface area (Å²) in [5.41, 5.74) is 2.13. The van der Waals surface area contributed by atoms with E-state index >= 15 is 0 Å². The second-order valence-electron chi connectivity index (χ2n) is 4.90. The first kappa shape index (κ1) is 17.5. The lowest BCUT2D eigenvalue weighted by Gasteiger charge is -2.18. The van der Waals surface area contributed by atoms with Crippen molar-refractivity contribution in [2.45, 2.75) is 25.8 Å². The molecular weight excluding hydrogens is 268 g/mol. The summed E-state index contributed by atoms with van der Waals surface area (Å²) in [5, 5.41) is 6.16. The molecule has 0 aliphatic rings. The molecule has 0 saturated heterocycles. The number of benzene rings is 1. The second-order valence-corrected chi connectivity index (χ2v) is 4.90. The Labute approximate surface area is 127 Å². The van der Waals surface area contributed by atoms with Gasteiger partial charge in [-0.15, -0.1) is 0 Å². The lowest BCUT2D eigenvalue weighted by atomic mass is 10.1. The van der Waals surface area contributed by atoms with Crippen molar-refractivity contribution in [2.75, 3.05) is 39.3 Å². The van der Waals surface area contributed by atoms with Crippen molar-refractivity contribution in [1.82, 2.24) is 5.32 Å². The Balaban J connectivity index is 2.49. The van der Waals surface area contributed by atoms with E-state index in [9.17, 15) is 4.79 Å². The minimum Gasteiger partial charge on any atom is -0.385 e. The van der Waals surface area contributed by atoms with Crippen LogP contribution in [0.25, 0.3) is 0 Å². The van der Waals surface area contributed by atoms with E-state index in [1.54, 1.807) is 14.2 Å². The van der Waals surface area contributed by atoms with Crippen LogP contribution in [0.15, 0.2) is 24.3 Å². The molecule has 0 saturated carbocycles. The van der Waals surface area contributed by atoms with E-state index < -0.39 is 0 Å². The third-order valence-electron chi connectivity index (χ3n) is 3.18. The first-order chi connectivity index (χ1) is 10.2. The molecule has 5 nitrogen and oxygen atoms in total. The number of anilines is 1. The summed E-state index contributed by atoms with van der Waals surface area (Å²) in [6, 6.07) is 7.70. The van der Waals surface area contributed by atoms with E-state index in [1.165, 1.54) is 0 Å². The van der Waals surface area contributed by atoms with Crippen molar-refractivity contribution in [2.24, 2.45) is 0 Å². The second kappa shape index (κ2) is 10.2. The Kier molecular flexibility index (Phi) is 8.47. The maximum absolute atomic E-state index is 12.0. The van der Waals surface area contributed by atoms with Crippen molar-refractivity contribution in [3.8, 4) is 0 Å². The topological polar surface area (TPSA) is 59.6 Å². The van der Waals surface area contributed by atoms with E-state index in [0.717, 1.165) is 24.1 Å². The fourth-order valence-corrected chi connectivity index (χ4v) is 1.97. The zero-order valence-electron chi connectivity index (χ0n) is 13.1. The van der Waals surface area contributed by atoms with Crippen molar-refractivity contribution in [3.63, 3.8) is 0 Å². The molecule has 2 N–H and O–H groups in total. The van der Waals surface area contributed by atoms with Crippen molar-refractivity contribution >= 4 is 11.6 Å². The highest BCUT2D eigenvalue weighted by Gasteiger charge is 2.13. The Morgan fingerprint density at radius 1 is 1.19 bits per heavy atom. The number of nitrogens with one attached hydrogen (secondary N) is 2. The lowest BCUT2D eigenvalue weighted by molar-refractivity contribution is -0.121. The molecule has 5 heteroatoms. The smallest absolute Gasteiger partial charge is 0.242 e. The molecular formula is C16H26N2O3. The summed E-state index contributed by atoms with van der Waals surface area (Å²) >= 11 is 0. The Morgan fingerprint density at radius 2 is 1.90 bits per heavy atom. The fraction of sp³-hybridized carbons (Fsp3) is 0.562. The molecule has 1 rings (SSSR count). The van der Waals surface area contributed by atoms with Gasteiger partial charge in [0.2, 0.25) is 5.91 Å². The molecule has 0 aliphatic heterocycles.